The molecule has 43 heavy (non-hydrogen) atoms. The number of fused-ring (bicyclic) bond motifs is 1. The third-order valence-electron chi connectivity index (χ3n) is 7.49. The molecule has 0 unspecified atom stereocenters. The normalized spacial score (nSPS) is 15.0. The van der Waals surface area contributed by atoms with E-state index in [1.165, 1.54) is 17.7 Å². The lowest BCUT2D eigenvalue weighted by Gasteiger charge is -2.32. The number of phenols is 1. The zero-order chi connectivity index (χ0) is 30.5. The molecular weight excluding hydrogens is 703 g/mol. The van der Waals surface area contributed by atoms with E-state index in [1.807, 2.05) is 19.1 Å². The van der Waals surface area contributed by atoms with Gasteiger partial charge >= 0.3 is 5.97 Å². The zero-order valence-corrected chi connectivity index (χ0v) is 28.0. The van der Waals surface area contributed by atoms with Crippen molar-refractivity contribution in [3.05, 3.63) is 61.8 Å². The van der Waals surface area contributed by atoms with Crippen LogP contribution in [0.25, 0.3) is 21.3 Å². The largest absolute Gasteiger partial charge is 0.508 e. The number of benzene rings is 2. The van der Waals surface area contributed by atoms with Gasteiger partial charge in [0.1, 0.15) is 29.3 Å². The first-order valence-corrected chi connectivity index (χ1v) is 16.4. The van der Waals surface area contributed by atoms with Crippen molar-refractivity contribution in [1.82, 2.24) is 19.8 Å². The predicted molar refractivity (Wildman–Crippen MR) is 178 cm³/mol. The highest BCUT2D eigenvalue weighted by Gasteiger charge is 2.28. The van der Waals surface area contributed by atoms with Gasteiger partial charge in [-0.25, -0.2) is 14.8 Å². The molecule has 0 saturated carbocycles. The standard InChI is InChI=1S/C31H34ClIN4O5S/c1-4-40-31(39)24(17-20-7-5-6-8-22(20)38)42-29-26-25(28(33)43-30(26)35-18-34-29)21-9-10-23(27(32)19(21)2)41-16-15-37-13-11-36(3)12-14-37/h5-10,18,24,38H,4,11-17H2,1-3H3/t24-/m1/s1. The number of carbonyl (C=O) groups excluding carboxylic acids is 1. The predicted octanol–water partition coefficient (Wildman–Crippen LogP) is 5.81. The minimum Gasteiger partial charge on any atom is -0.508 e. The number of hydrogen-bond donors (Lipinski definition) is 1. The molecule has 12 heteroatoms. The van der Waals surface area contributed by atoms with Crippen molar-refractivity contribution in [3.63, 3.8) is 0 Å². The molecule has 0 spiro atoms. The van der Waals surface area contributed by atoms with Crippen LogP contribution in [0.3, 0.4) is 0 Å². The molecule has 1 saturated heterocycles. The fourth-order valence-corrected chi connectivity index (χ4v) is 7.32. The first-order chi connectivity index (χ1) is 20.8. The van der Waals surface area contributed by atoms with Gasteiger partial charge in [-0.1, -0.05) is 35.9 Å². The van der Waals surface area contributed by atoms with Crippen LogP contribution in [0.4, 0.5) is 0 Å². The molecule has 4 aromatic rings. The Kier molecular flexibility index (Phi) is 10.6. The van der Waals surface area contributed by atoms with Crippen LogP contribution >= 0.6 is 45.5 Å². The van der Waals surface area contributed by atoms with Gasteiger partial charge in [0.05, 0.1) is 19.9 Å². The first kappa shape index (κ1) is 31.7. The Bertz CT molecular complexity index is 1590. The van der Waals surface area contributed by atoms with E-state index in [4.69, 9.17) is 25.8 Å². The maximum Gasteiger partial charge on any atom is 0.347 e. The monoisotopic (exact) mass is 736 g/mol. The molecule has 2 aromatic heterocycles. The fourth-order valence-electron chi connectivity index (χ4n) is 5.03. The first-order valence-electron chi connectivity index (χ1n) is 14.1. The minimum atomic E-state index is -1.03. The van der Waals surface area contributed by atoms with Gasteiger partial charge < -0.3 is 24.2 Å². The van der Waals surface area contributed by atoms with E-state index in [0.717, 1.165) is 57.1 Å². The number of aromatic nitrogens is 2. The van der Waals surface area contributed by atoms with Crippen molar-refractivity contribution < 1.29 is 24.1 Å². The molecule has 0 amide bonds. The number of piperazine rings is 1. The lowest BCUT2D eigenvalue weighted by Crippen LogP contribution is -2.45. The van der Waals surface area contributed by atoms with Crippen LogP contribution < -0.4 is 9.47 Å². The summed E-state index contributed by atoms with van der Waals surface area (Å²) in [6.07, 6.45) is 0.504. The lowest BCUT2D eigenvalue weighted by molar-refractivity contribution is -0.151. The van der Waals surface area contributed by atoms with Crippen LogP contribution in [-0.4, -0.2) is 89.9 Å². The number of rotatable bonds is 11. The summed E-state index contributed by atoms with van der Waals surface area (Å²) in [5.41, 5.74) is 3.21. The number of aromatic hydroxyl groups is 1. The second-order valence-corrected chi connectivity index (χ2v) is 13.5. The molecule has 1 aliphatic rings. The van der Waals surface area contributed by atoms with Gasteiger partial charge in [0.25, 0.3) is 0 Å². The third-order valence-corrected chi connectivity index (χ3v) is 10.0. The molecule has 5 rings (SSSR count). The second kappa shape index (κ2) is 14.4. The van der Waals surface area contributed by atoms with E-state index in [0.29, 0.717) is 28.3 Å². The van der Waals surface area contributed by atoms with Gasteiger partial charge in [0, 0.05) is 44.7 Å². The van der Waals surface area contributed by atoms with Gasteiger partial charge in [-0.05, 0) is 72.3 Å². The van der Waals surface area contributed by atoms with Crippen molar-refractivity contribution in [2.75, 3.05) is 53.0 Å². The van der Waals surface area contributed by atoms with E-state index in [1.54, 1.807) is 31.2 Å². The molecule has 1 atom stereocenters. The van der Waals surface area contributed by atoms with Gasteiger partial charge in [0.15, 0.2) is 0 Å². The van der Waals surface area contributed by atoms with Crippen LogP contribution in [0, 0.1) is 9.81 Å². The van der Waals surface area contributed by atoms with Crippen LogP contribution in [-0.2, 0) is 16.0 Å². The summed E-state index contributed by atoms with van der Waals surface area (Å²) in [5.74, 6) is 0.441. The van der Waals surface area contributed by atoms with Gasteiger partial charge in [-0.3, -0.25) is 4.90 Å². The number of phenolic OH excluding ortho intramolecular Hbond substituents is 1. The van der Waals surface area contributed by atoms with E-state index >= 15 is 0 Å². The maximum atomic E-state index is 13.0. The number of likely N-dealkylation sites (N-methyl/N-ethyl adjacent to an activating group) is 1. The summed E-state index contributed by atoms with van der Waals surface area (Å²) in [5, 5.41) is 11.6. The molecule has 1 aliphatic heterocycles. The number of para-hydroxylation sites is 1. The number of carbonyl (C=O) groups is 1. The Hall–Kier alpha value is -2.71. The van der Waals surface area contributed by atoms with Crippen LogP contribution in [0.1, 0.15) is 18.1 Å². The summed E-state index contributed by atoms with van der Waals surface area (Å²) in [6, 6.07) is 10.7. The molecule has 2 aromatic carbocycles. The highest BCUT2D eigenvalue weighted by atomic mass is 127. The van der Waals surface area contributed by atoms with Crippen molar-refractivity contribution in [1.29, 1.82) is 0 Å². The van der Waals surface area contributed by atoms with Gasteiger partial charge in [-0.2, -0.15) is 0 Å². The highest BCUT2D eigenvalue weighted by molar-refractivity contribution is 14.1. The molecule has 228 valence electrons. The molecule has 0 radical (unpaired) electrons. The van der Waals surface area contributed by atoms with E-state index in [9.17, 15) is 9.90 Å². The number of hydrogen-bond acceptors (Lipinski definition) is 10. The quantitative estimate of drug-likeness (QED) is 0.151. The number of halogens is 2. The van der Waals surface area contributed by atoms with Crippen LogP contribution in [0.15, 0.2) is 42.7 Å². The lowest BCUT2D eigenvalue weighted by atomic mass is 10.0. The van der Waals surface area contributed by atoms with Crippen LogP contribution in [0.2, 0.25) is 5.02 Å². The molecule has 1 N–H and O–H groups in total. The summed E-state index contributed by atoms with van der Waals surface area (Å²) < 4.78 is 18.7. The number of thiophene rings is 1. The van der Waals surface area contributed by atoms with Crippen molar-refractivity contribution in [3.8, 4) is 28.5 Å². The Balaban J connectivity index is 1.43. The molecule has 0 aliphatic carbocycles. The smallest absolute Gasteiger partial charge is 0.347 e. The van der Waals surface area contributed by atoms with Crippen molar-refractivity contribution in [2.45, 2.75) is 26.4 Å². The SMILES string of the molecule is CCOC(=O)[C@@H](Cc1ccccc1O)Oc1ncnc2sc(I)c(-c3ccc(OCCN4CCN(C)CC4)c(Cl)c3C)c12. The molecule has 3 heterocycles. The van der Waals surface area contributed by atoms with E-state index in [-0.39, 0.29) is 24.7 Å². The minimum absolute atomic E-state index is 0.0788. The number of ether oxygens (including phenoxy) is 3. The summed E-state index contributed by atoms with van der Waals surface area (Å²) in [7, 11) is 2.15. The van der Waals surface area contributed by atoms with Gasteiger partial charge in [0.2, 0.25) is 12.0 Å². The summed E-state index contributed by atoms with van der Waals surface area (Å²) >= 11 is 10.7. The van der Waals surface area contributed by atoms with Gasteiger partial charge in [-0.15, -0.1) is 11.3 Å². The second-order valence-electron chi connectivity index (χ2n) is 10.3. The van der Waals surface area contributed by atoms with E-state index in [2.05, 4.69) is 49.4 Å². The number of nitrogens with zero attached hydrogens (tertiary/aromatic N) is 4. The molecule has 9 nitrogen and oxygen atoms in total. The highest BCUT2D eigenvalue weighted by Crippen LogP contribution is 2.46. The Labute approximate surface area is 273 Å². The molecule has 1 fully saturated rings. The van der Waals surface area contributed by atoms with Crippen molar-refractivity contribution >= 4 is 61.7 Å². The Morgan fingerprint density at radius 2 is 1.93 bits per heavy atom. The third kappa shape index (κ3) is 7.34. The summed E-state index contributed by atoms with van der Waals surface area (Å²) in [4.78, 5) is 27.4. The number of esters is 1. The van der Waals surface area contributed by atoms with Crippen molar-refractivity contribution in [2.24, 2.45) is 0 Å². The molecular formula is C31H34ClIN4O5S. The fraction of sp³-hybridized carbons (Fsp3) is 0.387. The Morgan fingerprint density at radius 1 is 1.16 bits per heavy atom. The average Bonchev–Trinajstić information content (AvgIpc) is 3.33. The van der Waals surface area contributed by atoms with E-state index < -0.39 is 12.1 Å². The van der Waals surface area contributed by atoms with Crippen LogP contribution in [0.5, 0.6) is 17.4 Å². The molecule has 0 bridgehead atoms. The maximum absolute atomic E-state index is 13.0. The average molecular weight is 737 g/mol. The topological polar surface area (TPSA) is 97.2 Å². The summed E-state index contributed by atoms with van der Waals surface area (Å²) in [6.45, 7) is 9.49. The Morgan fingerprint density at radius 3 is 2.67 bits per heavy atom. The zero-order valence-electron chi connectivity index (χ0n) is 24.3.